The lowest BCUT2D eigenvalue weighted by atomic mass is 9.86. The van der Waals surface area contributed by atoms with Crippen LogP contribution in [0.4, 0.5) is 5.00 Å². The van der Waals surface area contributed by atoms with Gasteiger partial charge in [0.05, 0.1) is 16.8 Å². The minimum Gasteiger partial charge on any atom is -0.365 e. The van der Waals surface area contributed by atoms with Crippen LogP contribution in [-0.2, 0) is 26.3 Å². The van der Waals surface area contributed by atoms with Crippen LogP contribution in [0, 0.1) is 5.41 Å². The number of ether oxygens (including phenoxy) is 1. The van der Waals surface area contributed by atoms with Gasteiger partial charge in [-0.3, -0.25) is 14.4 Å². The third-order valence-electron chi connectivity index (χ3n) is 5.02. The molecule has 0 spiro atoms. The van der Waals surface area contributed by atoms with E-state index in [1.807, 2.05) is 27.7 Å². The Balaban J connectivity index is 2.05. The summed E-state index contributed by atoms with van der Waals surface area (Å²) in [5, 5.41) is 3.22. The van der Waals surface area contributed by atoms with Crippen molar-refractivity contribution in [3.63, 3.8) is 0 Å². The van der Waals surface area contributed by atoms with Gasteiger partial charge in [0, 0.05) is 11.3 Å². The van der Waals surface area contributed by atoms with Gasteiger partial charge in [-0.2, -0.15) is 0 Å². The molecule has 2 amide bonds. The number of carbonyl (C=O) groups is 3. The summed E-state index contributed by atoms with van der Waals surface area (Å²) in [4.78, 5) is 37.4. The van der Waals surface area contributed by atoms with E-state index in [-0.39, 0.29) is 11.7 Å². The summed E-state index contributed by atoms with van der Waals surface area (Å²) in [6, 6.07) is 0. The standard InChI is InChI=1S/C18H24N2O4S/c1-9(21)18(6-7-18)15(23)20-14-11(13(19)22)10-8-16(2,3)24-17(4,5)12(10)25-14/h6-8H2,1-5H3,(H2,19,22)(H,20,23). The summed E-state index contributed by atoms with van der Waals surface area (Å²) in [7, 11) is 0. The van der Waals surface area contributed by atoms with Crippen LogP contribution in [0.25, 0.3) is 0 Å². The average Bonchev–Trinajstić information content (AvgIpc) is 3.15. The Morgan fingerprint density at radius 2 is 1.76 bits per heavy atom. The SMILES string of the molecule is CC(=O)C1(C(=O)Nc2sc3c(c2C(N)=O)CC(C)(C)OC3(C)C)CC1. The number of thiophene rings is 1. The van der Waals surface area contributed by atoms with E-state index in [1.165, 1.54) is 18.3 Å². The van der Waals surface area contributed by atoms with Crippen molar-refractivity contribution < 1.29 is 19.1 Å². The van der Waals surface area contributed by atoms with Crippen LogP contribution in [0.3, 0.4) is 0 Å². The molecule has 0 aromatic carbocycles. The molecule has 0 unspecified atom stereocenters. The fourth-order valence-corrected chi connectivity index (χ4v) is 5.01. The molecule has 1 fully saturated rings. The molecule has 2 aliphatic rings. The molecule has 2 heterocycles. The first-order chi connectivity index (χ1) is 11.4. The van der Waals surface area contributed by atoms with Crippen LogP contribution >= 0.6 is 11.3 Å². The van der Waals surface area contributed by atoms with Gasteiger partial charge in [-0.05, 0) is 53.0 Å². The predicted molar refractivity (Wildman–Crippen MR) is 95.7 cm³/mol. The minimum atomic E-state index is -0.940. The molecule has 3 N–H and O–H groups in total. The quantitative estimate of drug-likeness (QED) is 0.803. The summed E-state index contributed by atoms with van der Waals surface area (Å²) >= 11 is 1.31. The lowest BCUT2D eigenvalue weighted by Gasteiger charge is -2.41. The van der Waals surface area contributed by atoms with E-state index < -0.39 is 22.5 Å². The van der Waals surface area contributed by atoms with Crippen LogP contribution in [0.5, 0.6) is 0 Å². The summed E-state index contributed by atoms with van der Waals surface area (Å²) in [6.07, 6.45) is 1.63. The van der Waals surface area contributed by atoms with Crippen molar-refractivity contribution >= 4 is 33.9 Å². The van der Waals surface area contributed by atoms with E-state index >= 15 is 0 Å². The zero-order valence-electron chi connectivity index (χ0n) is 15.2. The molecule has 0 bridgehead atoms. The van der Waals surface area contributed by atoms with E-state index in [0.29, 0.717) is 29.8 Å². The molecule has 1 saturated carbocycles. The topological polar surface area (TPSA) is 98.5 Å². The van der Waals surface area contributed by atoms with Crippen molar-refractivity contribution in [3.05, 3.63) is 16.0 Å². The molecule has 6 nitrogen and oxygen atoms in total. The van der Waals surface area contributed by atoms with Gasteiger partial charge < -0.3 is 15.8 Å². The van der Waals surface area contributed by atoms with Gasteiger partial charge in [-0.25, -0.2) is 0 Å². The number of primary amides is 1. The van der Waals surface area contributed by atoms with Crippen LogP contribution in [0.15, 0.2) is 0 Å². The van der Waals surface area contributed by atoms with Crippen molar-refractivity contribution in [2.45, 2.75) is 65.1 Å². The first kappa shape index (κ1) is 18.1. The molecule has 0 saturated heterocycles. The highest BCUT2D eigenvalue weighted by molar-refractivity contribution is 7.17. The minimum absolute atomic E-state index is 0.142. The highest BCUT2D eigenvalue weighted by Gasteiger charge is 2.54. The van der Waals surface area contributed by atoms with E-state index in [0.717, 1.165) is 10.4 Å². The number of nitrogens with two attached hydrogens (primary N) is 1. The monoisotopic (exact) mass is 364 g/mol. The zero-order valence-corrected chi connectivity index (χ0v) is 16.1. The Kier molecular flexibility index (Phi) is 3.89. The zero-order chi connectivity index (χ0) is 18.8. The Hall–Kier alpha value is -1.73. The third-order valence-corrected chi connectivity index (χ3v) is 6.47. The normalized spacial score (nSPS) is 22.0. The Bertz CT molecular complexity index is 787. The van der Waals surface area contributed by atoms with Crippen LogP contribution in [0.2, 0.25) is 0 Å². The van der Waals surface area contributed by atoms with Gasteiger partial charge >= 0.3 is 0 Å². The largest absolute Gasteiger partial charge is 0.365 e. The first-order valence-corrected chi connectivity index (χ1v) is 9.20. The second-order valence-electron chi connectivity index (χ2n) is 8.12. The Labute approximate surface area is 151 Å². The maximum Gasteiger partial charge on any atom is 0.251 e. The van der Waals surface area contributed by atoms with Gasteiger partial charge in [-0.1, -0.05) is 0 Å². The van der Waals surface area contributed by atoms with Gasteiger partial charge in [0.25, 0.3) is 5.91 Å². The molecule has 136 valence electrons. The number of fused-ring (bicyclic) bond motifs is 1. The second-order valence-corrected chi connectivity index (χ2v) is 9.14. The number of amides is 2. The summed E-state index contributed by atoms with van der Waals surface area (Å²) in [5.74, 6) is -1.07. The van der Waals surface area contributed by atoms with Gasteiger partial charge in [-0.15, -0.1) is 11.3 Å². The maximum absolute atomic E-state index is 12.6. The van der Waals surface area contributed by atoms with Crippen molar-refractivity contribution in [2.24, 2.45) is 11.1 Å². The number of rotatable bonds is 4. The smallest absolute Gasteiger partial charge is 0.251 e. The van der Waals surface area contributed by atoms with E-state index in [9.17, 15) is 14.4 Å². The van der Waals surface area contributed by atoms with Gasteiger partial charge in [0.2, 0.25) is 5.91 Å². The number of hydrogen-bond donors (Lipinski definition) is 2. The van der Waals surface area contributed by atoms with Crippen molar-refractivity contribution in [2.75, 3.05) is 5.32 Å². The number of hydrogen-bond acceptors (Lipinski definition) is 5. The summed E-state index contributed by atoms with van der Waals surface area (Å²) < 4.78 is 6.15. The fraction of sp³-hybridized carbons (Fsp3) is 0.611. The number of anilines is 1. The molecule has 3 rings (SSSR count). The lowest BCUT2D eigenvalue weighted by Crippen LogP contribution is -2.42. The molecule has 1 aromatic heterocycles. The first-order valence-electron chi connectivity index (χ1n) is 8.38. The highest BCUT2D eigenvalue weighted by atomic mass is 32.1. The van der Waals surface area contributed by atoms with E-state index in [1.54, 1.807) is 0 Å². The molecule has 1 aliphatic carbocycles. The molecule has 1 aromatic rings. The average molecular weight is 364 g/mol. The van der Waals surface area contributed by atoms with Gasteiger partial charge in [0.15, 0.2) is 0 Å². The molecular weight excluding hydrogens is 340 g/mol. The second kappa shape index (κ2) is 5.38. The lowest BCUT2D eigenvalue weighted by molar-refractivity contribution is -0.136. The number of ketones is 1. The van der Waals surface area contributed by atoms with Crippen molar-refractivity contribution in [1.29, 1.82) is 0 Å². The van der Waals surface area contributed by atoms with Gasteiger partial charge in [0.1, 0.15) is 16.2 Å². The molecule has 1 aliphatic heterocycles. The number of nitrogens with one attached hydrogen (secondary N) is 1. The summed E-state index contributed by atoms with van der Waals surface area (Å²) in [6.45, 7) is 9.25. The highest BCUT2D eigenvalue weighted by Crippen LogP contribution is 2.50. The molecule has 0 radical (unpaired) electrons. The Morgan fingerprint density at radius 3 is 2.24 bits per heavy atom. The fourth-order valence-electron chi connectivity index (χ4n) is 3.75. The molecule has 25 heavy (non-hydrogen) atoms. The van der Waals surface area contributed by atoms with Crippen LogP contribution in [0.1, 0.15) is 68.3 Å². The molecular formula is C18H24N2O4S. The van der Waals surface area contributed by atoms with E-state index in [4.69, 9.17) is 10.5 Å². The predicted octanol–water partition coefficient (Wildman–Crippen LogP) is 2.74. The summed E-state index contributed by atoms with van der Waals surface area (Å²) in [5.41, 5.74) is 4.83. The Morgan fingerprint density at radius 1 is 1.16 bits per heavy atom. The number of Topliss-reactive ketones (excluding diaryl/α,β-unsaturated/α-hetero) is 1. The van der Waals surface area contributed by atoms with Crippen molar-refractivity contribution in [1.82, 2.24) is 0 Å². The maximum atomic E-state index is 12.6. The van der Waals surface area contributed by atoms with Crippen LogP contribution in [-0.4, -0.2) is 23.2 Å². The third kappa shape index (κ3) is 2.89. The molecule has 7 heteroatoms. The number of carbonyl (C=O) groups excluding carboxylic acids is 3. The molecule has 0 atom stereocenters. The van der Waals surface area contributed by atoms with Crippen LogP contribution < -0.4 is 11.1 Å². The van der Waals surface area contributed by atoms with Crippen molar-refractivity contribution in [3.8, 4) is 0 Å². The van der Waals surface area contributed by atoms with E-state index in [2.05, 4.69) is 5.32 Å².